The summed E-state index contributed by atoms with van der Waals surface area (Å²) in [5, 5.41) is 0. The maximum absolute atomic E-state index is 6.86. The first-order chi connectivity index (χ1) is 5.81. The van der Waals surface area contributed by atoms with Crippen LogP contribution in [0.5, 0.6) is 0 Å². The van der Waals surface area contributed by atoms with Gasteiger partial charge in [0.1, 0.15) is 0 Å². The molecular formula is C8H4BrN3. The summed E-state index contributed by atoms with van der Waals surface area (Å²) in [6, 6.07) is 3.76. The van der Waals surface area contributed by atoms with Crippen molar-refractivity contribution in [2.24, 2.45) is 0 Å². The summed E-state index contributed by atoms with van der Waals surface area (Å²) in [5.41, 5.74) is 0.796. The Hall–Kier alpha value is -1.34. The molecule has 0 spiro atoms. The Bertz CT molecular complexity index is 467. The van der Waals surface area contributed by atoms with Crippen molar-refractivity contribution < 1.29 is 0 Å². The highest BCUT2D eigenvalue weighted by molar-refractivity contribution is 9.10. The molecule has 4 heteroatoms. The van der Waals surface area contributed by atoms with Crippen LogP contribution >= 0.6 is 15.9 Å². The van der Waals surface area contributed by atoms with Crippen LogP contribution in [0, 0.1) is 6.57 Å². The Balaban J connectivity index is 2.86. The average molecular weight is 222 g/mol. The van der Waals surface area contributed by atoms with Crippen LogP contribution in [0.1, 0.15) is 0 Å². The molecule has 0 saturated carbocycles. The number of aromatic nitrogens is 2. The minimum atomic E-state index is 0.534. The Morgan fingerprint density at radius 2 is 2.33 bits per heavy atom. The van der Waals surface area contributed by atoms with Gasteiger partial charge in [-0.2, -0.15) is 0 Å². The standard InChI is InChI=1S/C8H4BrN3/c1-10-8-4-11-7-3-2-6(9)5-12(7)8/h2-5H. The van der Waals surface area contributed by atoms with Gasteiger partial charge in [0, 0.05) is 6.07 Å². The van der Waals surface area contributed by atoms with Crippen molar-refractivity contribution in [1.82, 2.24) is 9.38 Å². The molecule has 2 aromatic rings. The van der Waals surface area contributed by atoms with E-state index in [2.05, 4.69) is 25.8 Å². The van der Waals surface area contributed by atoms with E-state index in [0.717, 1.165) is 10.1 Å². The first-order valence-corrected chi connectivity index (χ1v) is 4.10. The summed E-state index contributed by atoms with van der Waals surface area (Å²) in [7, 11) is 0. The fraction of sp³-hybridized carbons (Fsp3) is 0. The lowest BCUT2D eigenvalue weighted by molar-refractivity contribution is 1.19. The SMILES string of the molecule is [C-]#[N+]c1cnc2ccc(Br)cn12. The first-order valence-electron chi connectivity index (χ1n) is 3.31. The number of halogens is 1. The largest absolute Gasteiger partial charge is 0.362 e. The lowest BCUT2D eigenvalue weighted by Gasteiger charge is -1.91. The van der Waals surface area contributed by atoms with Crippen molar-refractivity contribution >= 4 is 27.4 Å². The molecule has 0 atom stereocenters. The Morgan fingerprint density at radius 1 is 1.50 bits per heavy atom. The number of pyridine rings is 1. The third-order valence-corrected chi connectivity index (χ3v) is 2.03. The highest BCUT2D eigenvalue weighted by atomic mass is 79.9. The highest BCUT2D eigenvalue weighted by Crippen LogP contribution is 2.18. The minimum Gasteiger partial charge on any atom is -0.362 e. The summed E-state index contributed by atoms with van der Waals surface area (Å²) in [5.74, 6) is 0.534. The van der Waals surface area contributed by atoms with Crippen LogP contribution in [-0.2, 0) is 0 Å². The molecule has 0 aromatic carbocycles. The van der Waals surface area contributed by atoms with Crippen LogP contribution in [0.4, 0.5) is 5.82 Å². The number of imidazole rings is 1. The minimum absolute atomic E-state index is 0.534. The third-order valence-electron chi connectivity index (χ3n) is 1.56. The molecule has 0 aliphatic carbocycles. The fourth-order valence-electron chi connectivity index (χ4n) is 1.02. The quantitative estimate of drug-likeness (QED) is 0.628. The second-order valence-corrected chi connectivity index (χ2v) is 3.22. The molecule has 0 aliphatic rings. The molecule has 0 radical (unpaired) electrons. The van der Waals surface area contributed by atoms with Crippen LogP contribution < -0.4 is 0 Å². The molecule has 2 rings (SSSR count). The van der Waals surface area contributed by atoms with Gasteiger partial charge in [-0.1, -0.05) is 6.57 Å². The Kier molecular flexibility index (Phi) is 1.59. The van der Waals surface area contributed by atoms with Crippen molar-refractivity contribution in [3.63, 3.8) is 0 Å². The van der Waals surface area contributed by atoms with E-state index in [-0.39, 0.29) is 0 Å². The molecule has 0 unspecified atom stereocenters. The van der Waals surface area contributed by atoms with E-state index in [1.165, 1.54) is 0 Å². The predicted molar refractivity (Wildman–Crippen MR) is 49.2 cm³/mol. The van der Waals surface area contributed by atoms with Crippen LogP contribution in [0.3, 0.4) is 0 Å². The zero-order valence-electron chi connectivity index (χ0n) is 6.03. The molecule has 58 valence electrons. The van der Waals surface area contributed by atoms with E-state index >= 15 is 0 Å². The van der Waals surface area contributed by atoms with Gasteiger partial charge < -0.3 is 4.85 Å². The van der Waals surface area contributed by atoms with Crippen molar-refractivity contribution in [3.05, 3.63) is 40.4 Å². The maximum Gasteiger partial charge on any atom is 0.254 e. The van der Waals surface area contributed by atoms with Gasteiger partial charge in [0.05, 0.1) is 16.9 Å². The van der Waals surface area contributed by atoms with Crippen LogP contribution in [0.25, 0.3) is 10.5 Å². The number of rotatable bonds is 0. The van der Waals surface area contributed by atoms with Gasteiger partial charge in [-0.05, 0) is 22.0 Å². The van der Waals surface area contributed by atoms with Crippen LogP contribution in [0.15, 0.2) is 29.0 Å². The van der Waals surface area contributed by atoms with E-state index in [1.54, 1.807) is 10.6 Å². The zero-order valence-corrected chi connectivity index (χ0v) is 7.62. The van der Waals surface area contributed by atoms with E-state index < -0.39 is 0 Å². The van der Waals surface area contributed by atoms with Gasteiger partial charge in [-0.25, -0.2) is 9.38 Å². The monoisotopic (exact) mass is 221 g/mol. The average Bonchev–Trinajstić information content (AvgIpc) is 2.46. The molecule has 0 fully saturated rings. The number of hydrogen-bond acceptors (Lipinski definition) is 1. The van der Waals surface area contributed by atoms with Crippen LogP contribution in [-0.4, -0.2) is 9.38 Å². The molecule has 3 nitrogen and oxygen atoms in total. The second kappa shape index (κ2) is 2.61. The van der Waals surface area contributed by atoms with E-state index in [9.17, 15) is 0 Å². The fourth-order valence-corrected chi connectivity index (χ4v) is 1.36. The van der Waals surface area contributed by atoms with E-state index in [1.807, 2.05) is 18.3 Å². The second-order valence-electron chi connectivity index (χ2n) is 2.30. The van der Waals surface area contributed by atoms with Gasteiger partial charge in [-0.15, -0.1) is 0 Å². The van der Waals surface area contributed by atoms with Gasteiger partial charge in [0.25, 0.3) is 5.82 Å². The molecule has 0 bridgehead atoms. The predicted octanol–water partition coefficient (Wildman–Crippen LogP) is 2.65. The highest BCUT2D eigenvalue weighted by Gasteiger charge is 2.03. The molecule has 0 amide bonds. The van der Waals surface area contributed by atoms with Crippen molar-refractivity contribution in [2.75, 3.05) is 0 Å². The third kappa shape index (κ3) is 0.990. The molecule has 2 aromatic heterocycles. The van der Waals surface area contributed by atoms with Crippen LogP contribution in [0.2, 0.25) is 0 Å². The zero-order chi connectivity index (χ0) is 8.55. The molecular weight excluding hydrogens is 218 g/mol. The van der Waals surface area contributed by atoms with E-state index in [4.69, 9.17) is 6.57 Å². The molecule has 0 aliphatic heterocycles. The summed E-state index contributed by atoms with van der Waals surface area (Å²) in [6.07, 6.45) is 3.39. The first kappa shape index (κ1) is 7.32. The number of fused-ring (bicyclic) bond motifs is 1. The molecule has 2 heterocycles. The lowest BCUT2D eigenvalue weighted by atomic mass is 10.5. The van der Waals surface area contributed by atoms with Gasteiger partial charge in [0.2, 0.25) is 5.65 Å². The topological polar surface area (TPSA) is 21.7 Å². The summed E-state index contributed by atoms with van der Waals surface area (Å²) < 4.78 is 2.69. The van der Waals surface area contributed by atoms with Crippen molar-refractivity contribution in [2.45, 2.75) is 0 Å². The summed E-state index contributed by atoms with van der Waals surface area (Å²) in [6.45, 7) is 6.86. The Labute approximate surface area is 77.6 Å². The molecule has 0 saturated heterocycles. The number of hydrogen-bond donors (Lipinski definition) is 0. The smallest absolute Gasteiger partial charge is 0.254 e. The van der Waals surface area contributed by atoms with Gasteiger partial charge in [0.15, 0.2) is 0 Å². The van der Waals surface area contributed by atoms with E-state index in [0.29, 0.717) is 5.82 Å². The summed E-state index contributed by atoms with van der Waals surface area (Å²) in [4.78, 5) is 7.39. The Morgan fingerprint density at radius 3 is 3.08 bits per heavy atom. The normalized spacial score (nSPS) is 10.0. The van der Waals surface area contributed by atoms with Gasteiger partial charge in [-0.3, -0.25) is 0 Å². The molecule has 0 N–H and O–H groups in total. The number of nitrogens with zero attached hydrogens (tertiary/aromatic N) is 3. The molecule has 12 heavy (non-hydrogen) atoms. The maximum atomic E-state index is 6.86. The summed E-state index contributed by atoms with van der Waals surface area (Å²) >= 11 is 3.33. The van der Waals surface area contributed by atoms with Crippen molar-refractivity contribution in [1.29, 1.82) is 0 Å². The van der Waals surface area contributed by atoms with Crippen molar-refractivity contribution in [3.8, 4) is 0 Å². The lowest BCUT2D eigenvalue weighted by Crippen LogP contribution is -1.81. The van der Waals surface area contributed by atoms with Gasteiger partial charge >= 0.3 is 0 Å².